The Morgan fingerprint density at radius 3 is 2.12 bits per heavy atom. The van der Waals surface area contributed by atoms with Crippen molar-refractivity contribution in [3.05, 3.63) is 65.7 Å². The van der Waals surface area contributed by atoms with Crippen LogP contribution in [0.2, 0.25) is 0 Å². The van der Waals surface area contributed by atoms with E-state index in [0.29, 0.717) is 13.2 Å². The van der Waals surface area contributed by atoms with E-state index >= 15 is 0 Å². The zero-order chi connectivity index (χ0) is 18.1. The van der Waals surface area contributed by atoms with Crippen molar-refractivity contribution in [2.45, 2.75) is 19.6 Å². The van der Waals surface area contributed by atoms with E-state index in [4.69, 9.17) is 13.8 Å². The molecule has 25 heavy (non-hydrogen) atoms. The van der Waals surface area contributed by atoms with Crippen molar-refractivity contribution < 1.29 is 18.3 Å². The maximum atomic E-state index is 13.3. The van der Waals surface area contributed by atoms with Crippen molar-refractivity contribution in [2.24, 2.45) is 4.99 Å². The van der Waals surface area contributed by atoms with E-state index in [1.165, 1.54) is 0 Å². The third-order valence-corrected chi connectivity index (χ3v) is 5.76. The van der Waals surface area contributed by atoms with Gasteiger partial charge < -0.3 is 13.8 Å². The molecule has 6 heteroatoms. The number of nitrogens with zero attached hydrogens (tertiary/aromatic N) is 1. The first kappa shape index (κ1) is 19.4. The molecule has 134 valence electrons. The first-order valence-corrected chi connectivity index (χ1v) is 9.85. The Hall–Kier alpha value is -1.94. The molecule has 0 fully saturated rings. The second-order valence-electron chi connectivity index (χ2n) is 5.21. The zero-order valence-electron chi connectivity index (χ0n) is 14.8. The third-order valence-electron chi connectivity index (χ3n) is 3.50. The predicted molar refractivity (Wildman–Crippen MR) is 101 cm³/mol. The second kappa shape index (κ2) is 9.52. The van der Waals surface area contributed by atoms with Crippen molar-refractivity contribution in [3.8, 4) is 5.75 Å². The SMILES string of the molecule is CCOP(=O)(OCC)C(/N=C/c1ccc(OC)cc1)c1ccccc1. The fourth-order valence-electron chi connectivity index (χ4n) is 2.36. The van der Waals surface area contributed by atoms with Crippen LogP contribution in [-0.4, -0.2) is 26.5 Å². The summed E-state index contributed by atoms with van der Waals surface area (Å²) in [6, 6.07) is 16.9. The molecule has 2 rings (SSSR count). The van der Waals surface area contributed by atoms with Crippen LogP contribution in [0.5, 0.6) is 5.75 Å². The molecule has 0 amide bonds. The number of benzene rings is 2. The summed E-state index contributed by atoms with van der Waals surface area (Å²) < 4.78 is 29.4. The highest BCUT2D eigenvalue weighted by Crippen LogP contribution is 2.61. The van der Waals surface area contributed by atoms with E-state index in [1.54, 1.807) is 27.2 Å². The molecule has 0 saturated carbocycles. The Morgan fingerprint density at radius 1 is 1.00 bits per heavy atom. The fraction of sp³-hybridized carbons (Fsp3) is 0.316. The van der Waals surface area contributed by atoms with E-state index in [-0.39, 0.29) is 0 Å². The minimum Gasteiger partial charge on any atom is -0.497 e. The normalized spacial score (nSPS) is 13.1. The minimum absolute atomic E-state index is 0.290. The van der Waals surface area contributed by atoms with Gasteiger partial charge in [-0.15, -0.1) is 0 Å². The number of ether oxygens (including phenoxy) is 1. The van der Waals surface area contributed by atoms with Crippen LogP contribution < -0.4 is 4.74 Å². The summed E-state index contributed by atoms with van der Waals surface area (Å²) in [5.41, 5.74) is 1.67. The van der Waals surface area contributed by atoms with Gasteiger partial charge >= 0.3 is 7.60 Å². The van der Waals surface area contributed by atoms with Crippen molar-refractivity contribution in [1.82, 2.24) is 0 Å². The van der Waals surface area contributed by atoms with Gasteiger partial charge in [0.1, 0.15) is 5.75 Å². The summed E-state index contributed by atoms with van der Waals surface area (Å²) >= 11 is 0. The molecule has 2 aromatic rings. The molecule has 1 atom stereocenters. The Kier molecular flexibility index (Phi) is 7.38. The summed E-state index contributed by atoms with van der Waals surface area (Å²) in [6.45, 7) is 4.17. The highest BCUT2D eigenvalue weighted by atomic mass is 31.2. The van der Waals surface area contributed by atoms with Gasteiger partial charge in [0.05, 0.1) is 20.3 Å². The van der Waals surface area contributed by atoms with E-state index in [1.807, 2.05) is 54.6 Å². The molecular weight excluding hydrogens is 337 g/mol. The largest absolute Gasteiger partial charge is 0.497 e. The summed E-state index contributed by atoms with van der Waals surface area (Å²) in [5.74, 6) is 0.0572. The molecule has 1 unspecified atom stereocenters. The van der Waals surface area contributed by atoms with Gasteiger partial charge in [-0.05, 0) is 49.2 Å². The number of hydrogen-bond acceptors (Lipinski definition) is 5. The lowest BCUT2D eigenvalue weighted by Crippen LogP contribution is -2.05. The summed E-state index contributed by atoms with van der Waals surface area (Å²) in [7, 11) is -1.81. The van der Waals surface area contributed by atoms with Gasteiger partial charge in [0.25, 0.3) is 0 Å². The third kappa shape index (κ3) is 5.27. The maximum absolute atomic E-state index is 13.3. The smallest absolute Gasteiger partial charge is 0.359 e. The van der Waals surface area contributed by atoms with Gasteiger partial charge in [-0.2, -0.15) is 0 Å². The lowest BCUT2D eigenvalue weighted by molar-refractivity contribution is 0.212. The number of rotatable bonds is 9. The Labute approximate surface area is 149 Å². The Morgan fingerprint density at radius 2 is 1.60 bits per heavy atom. The van der Waals surface area contributed by atoms with Gasteiger partial charge in [-0.25, -0.2) is 0 Å². The topological polar surface area (TPSA) is 57.1 Å². The standard InChI is InChI=1S/C19H24NO4P/c1-4-23-25(21,24-5-2)19(17-9-7-6-8-10-17)20-15-16-11-13-18(22-3)14-12-16/h6-15,19H,4-5H2,1-3H3/b20-15+. The molecule has 0 spiro atoms. The summed E-state index contributed by atoms with van der Waals surface area (Å²) in [4.78, 5) is 4.55. The highest BCUT2D eigenvalue weighted by molar-refractivity contribution is 7.54. The van der Waals surface area contributed by atoms with Crippen LogP contribution in [0.25, 0.3) is 0 Å². The molecule has 0 heterocycles. The molecule has 0 aromatic heterocycles. The van der Waals surface area contributed by atoms with E-state index in [9.17, 15) is 4.57 Å². The second-order valence-corrected chi connectivity index (χ2v) is 7.30. The molecule has 0 aliphatic rings. The number of methoxy groups -OCH3 is 1. The summed E-state index contributed by atoms with van der Waals surface area (Å²) in [5, 5.41) is 0. The first-order chi connectivity index (χ1) is 12.1. The van der Waals surface area contributed by atoms with Gasteiger partial charge in [-0.1, -0.05) is 30.3 Å². The van der Waals surface area contributed by atoms with Crippen molar-refractivity contribution in [1.29, 1.82) is 0 Å². The number of hydrogen-bond donors (Lipinski definition) is 0. The molecule has 5 nitrogen and oxygen atoms in total. The molecule has 0 aliphatic heterocycles. The molecule has 0 saturated heterocycles. The minimum atomic E-state index is -3.43. The van der Waals surface area contributed by atoms with Crippen LogP contribution >= 0.6 is 7.60 Å². The Balaban J connectivity index is 2.36. The lowest BCUT2D eigenvalue weighted by atomic mass is 10.2. The fourth-order valence-corrected chi connectivity index (χ4v) is 4.20. The van der Waals surface area contributed by atoms with E-state index in [0.717, 1.165) is 16.9 Å². The van der Waals surface area contributed by atoms with Crippen LogP contribution in [0.4, 0.5) is 0 Å². The predicted octanol–water partition coefficient (Wildman–Crippen LogP) is 5.08. The summed E-state index contributed by atoms with van der Waals surface area (Å²) in [6.07, 6.45) is 1.68. The zero-order valence-corrected chi connectivity index (χ0v) is 15.7. The molecule has 0 aliphatic carbocycles. The van der Waals surface area contributed by atoms with Crippen LogP contribution in [0, 0.1) is 0 Å². The van der Waals surface area contributed by atoms with E-state index < -0.39 is 13.4 Å². The number of aliphatic imine (C=N–C) groups is 1. The van der Waals surface area contributed by atoms with Crippen LogP contribution in [0.15, 0.2) is 59.6 Å². The highest BCUT2D eigenvalue weighted by Gasteiger charge is 2.36. The molecule has 2 aromatic carbocycles. The van der Waals surface area contributed by atoms with Crippen molar-refractivity contribution in [2.75, 3.05) is 20.3 Å². The van der Waals surface area contributed by atoms with Crippen LogP contribution in [-0.2, 0) is 13.6 Å². The van der Waals surface area contributed by atoms with Crippen LogP contribution in [0.3, 0.4) is 0 Å². The molecular formula is C19H24NO4P. The van der Waals surface area contributed by atoms with Gasteiger partial charge in [0, 0.05) is 6.21 Å². The average molecular weight is 361 g/mol. The van der Waals surface area contributed by atoms with Gasteiger partial charge in [0.2, 0.25) is 0 Å². The van der Waals surface area contributed by atoms with Crippen molar-refractivity contribution >= 4 is 13.8 Å². The van der Waals surface area contributed by atoms with Crippen LogP contribution in [0.1, 0.15) is 30.8 Å². The lowest BCUT2D eigenvalue weighted by Gasteiger charge is -2.23. The quantitative estimate of drug-likeness (QED) is 0.462. The average Bonchev–Trinajstić information content (AvgIpc) is 2.63. The molecule has 0 radical (unpaired) electrons. The molecule has 0 N–H and O–H groups in total. The van der Waals surface area contributed by atoms with E-state index in [2.05, 4.69) is 4.99 Å². The van der Waals surface area contributed by atoms with Crippen molar-refractivity contribution in [3.63, 3.8) is 0 Å². The van der Waals surface area contributed by atoms with Gasteiger partial charge in [0.15, 0.2) is 5.78 Å². The Bertz CT molecular complexity index is 706. The first-order valence-electron chi connectivity index (χ1n) is 8.24. The maximum Gasteiger partial charge on any atom is 0.359 e. The monoisotopic (exact) mass is 361 g/mol. The van der Waals surface area contributed by atoms with Gasteiger partial charge in [-0.3, -0.25) is 9.56 Å². The molecule has 0 bridgehead atoms.